The molecule has 0 saturated carbocycles. The molecular weight excluding hydrogens is 212 g/mol. The van der Waals surface area contributed by atoms with E-state index >= 15 is 0 Å². The van der Waals surface area contributed by atoms with Gasteiger partial charge in [0.15, 0.2) is 6.79 Å². The van der Waals surface area contributed by atoms with Crippen LogP contribution in [0.15, 0.2) is 12.2 Å². The molecule has 16 heavy (non-hydrogen) atoms. The highest BCUT2D eigenvalue weighted by Crippen LogP contribution is 2.02. The second-order valence-electron chi connectivity index (χ2n) is 3.11. The molecular formula is C11H18O5. The van der Waals surface area contributed by atoms with Crippen LogP contribution in [-0.2, 0) is 23.8 Å². The van der Waals surface area contributed by atoms with Gasteiger partial charge in [0.2, 0.25) is 0 Å². The summed E-state index contributed by atoms with van der Waals surface area (Å²) in [5.41, 5.74) is 0. The van der Waals surface area contributed by atoms with Crippen molar-refractivity contribution < 1.29 is 23.8 Å². The molecule has 0 N–H and O–H groups in total. The maximum Gasteiger partial charge on any atom is 0.304 e. The summed E-state index contributed by atoms with van der Waals surface area (Å²) >= 11 is 0. The maximum atomic E-state index is 10.5. The summed E-state index contributed by atoms with van der Waals surface area (Å²) in [4.78, 5) is 21.0. The van der Waals surface area contributed by atoms with Gasteiger partial charge in [-0.2, -0.15) is 0 Å². The third kappa shape index (κ3) is 9.21. The Morgan fingerprint density at radius 1 is 1.19 bits per heavy atom. The molecule has 0 spiro atoms. The molecule has 0 bridgehead atoms. The van der Waals surface area contributed by atoms with Crippen LogP contribution in [0.25, 0.3) is 0 Å². The Labute approximate surface area is 95.4 Å². The molecule has 5 heteroatoms. The lowest BCUT2D eigenvalue weighted by molar-refractivity contribution is -0.157. The van der Waals surface area contributed by atoms with E-state index in [0.29, 0.717) is 6.42 Å². The highest BCUT2D eigenvalue weighted by Gasteiger charge is 2.06. The first kappa shape index (κ1) is 14.6. The number of carbonyl (C=O) groups is 2. The molecule has 92 valence electrons. The molecule has 0 heterocycles. The molecule has 0 aromatic carbocycles. The average molecular weight is 230 g/mol. The number of hydrogen-bond donors (Lipinski definition) is 0. The van der Waals surface area contributed by atoms with Crippen LogP contribution in [0.3, 0.4) is 0 Å². The number of ether oxygens (including phenoxy) is 3. The molecule has 1 atom stereocenters. The van der Waals surface area contributed by atoms with Gasteiger partial charge in [-0.15, -0.1) is 0 Å². The van der Waals surface area contributed by atoms with Crippen LogP contribution in [-0.4, -0.2) is 31.4 Å². The van der Waals surface area contributed by atoms with E-state index in [9.17, 15) is 9.59 Å². The minimum Gasteiger partial charge on any atom is -0.466 e. The van der Waals surface area contributed by atoms with Crippen molar-refractivity contribution in [1.29, 1.82) is 0 Å². The van der Waals surface area contributed by atoms with Crippen molar-refractivity contribution in [3.8, 4) is 0 Å². The number of hydrogen-bond acceptors (Lipinski definition) is 5. The third-order valence-corrected chi connectivity index (χ3v) is 1.66. The van der Waals surface area contributed by atoms with Gasteiger partial charge in [-0.05, 0) is 6.92 Å². The van der Waals surface area contributed by atoms with Crippen LogP contribution in [0.2, 0.25) is 0 Å². The predicted octanol–water partition coefficient (Wildman–Crippen LogP) is 1.42. The first-order valence-electron chi connectivity index (χ1n) is 5.07. The van der Waals surface area contributed by atoms with Crippen LogP contribution in [0.5, 0.6) is 0 Å². The van der Waals surface area contributed by atoms with E-state index in [1.165, 1.54) is 13.8 Å². The van der Waals surface area contributed by atoms with Crippen LogP contribution < -0.4 is 0 Å². The van der Waals surface area contributed by atoms with Crippen molar-refractivity contribution in [2.45, 2.75) is 33.3 Å². The van der Waals surface area contributed by atoms with Crippen LogP contribution >= 0.6 is 0 Å². The van der Waals surface area contributed by atoms with Crippen molar-refractivity contribution >= 4 is 11.9 Å². The molecule has 0 amide bonds. The molecule has 0 aliphatic heterocycles. The molecule has 0 aromatic rings. The Kier molecular flexibility index (Phi) is 8.15. The lowest BCUT2D eigenvalue weighted by Crippen LogP contribution is -2.17. The first-order valence-corrected chi connectivity index (χ1v) is 5.07. The Morgan fingerprint density at radius 2 is 1.81 bits per heavy atom. The van der Waals surface area contributed by atoms with Gasteiger partial charge >= 0.3 is 11.9 Å². The SMILES string of the molecule is CC=CC(CCOC(C)=O)OCOC(C)=O. The van der Waals surface area contributed by atoms with Gasteiger partial charge in [-0.25, -0.2) is 0 Å². The van der Waals surface area contributed by atoms with Gasteiger partial charge in [-0.3, -0.25) is 9.59 Å². The van der Waals surface area contributed by atoms with Gasteiger partial charge in [0, 0.05) is 20.3 Å². The van der Waals surface area contributed by atoms with Crippen molar-refractivity contribution in [3.63, 3.8) is 0 Å². The van der Waals surface area contributed by atoms with Crippen LogP contribution in [0, 0.1) is 0 Å². The molecule has 0 saturated heterocycles. The highest BCUT2D eigenvalue weighted by molar-refractivity contribution is 5.66. The Morgan fingerprint density at radius 3 is 2.31 bits per heavy atom. The summed E-state index contributed by atoms with van der Waals surface area (Å²) in [6.07, 6.45) is 3.95. The fourth-order valence-corrected chi connectivity index (χ4v) is 0.973. The summed E-state index contributed by atoms with van der Waals surface area (Å²) in [6.45, 7) is 4.71. The fraction of sp³-hybridized carbons (Fsp3) is 0.636. The topological polar surface area (TPSA) is 61.8 Å². The van der Waals surface area contributed by atoms with E-state index in [0.717, 1.165) is 0 Å². The lowest BCUT2D eigenvalue weighted by Gasteiger charge is -2.13. The number of rotatable bonds is 7. The molecule has 0 aliphatic rings. The zero-order valence-electron chi connectivity index (χ0n) is 9.89. The molecule has 5 nitrogen and oxygen atoms in total. The average Bonchev–Trinajstić information content (AvgIpc) is 2.16. The summed E-state index contributed by atoms with van der Waals surface area (Å²) in [6, 6.07) is 0. The summed E-state index contributed by atoms with van der Waals surface area (Å²) in [5.74, 6) is -0.710. The minimum absolute atomic E-state index is 0.0928. The van der Waals surface area contributed by atoms with Gasteiger partial charge in [0.25, 0.3) is 0 Å². The number of allylic oxidation sites excluding steroid dienone is 1. The molecule has 0 radical (unpaired) electrons. The standard InChI is InChI=1S/C11H18O5/c1-4-5-11(6-7-14-9(2)12)16-8-15-10(3)13/h4-5,11H,6-8H2,1-3H3. The van der Waals surface area contributed by atoms with E-state index in [1.807, 2.05) is 19.1 Å². The van der Waals surface area contributed by atoms with Gasteiger partial charge < -0.3 is 14.2 Å². The van der Waals surface area contributed by atoms with Gasteiger partial charge in [0.1, 0.15) is 0 Å². The van der Waals surface area contributed by atoms with E-state index in [1.54, 1.807) is 0 Å². The van der Waals surface area contributed by atoms with E-state index < -0.39 is 0 Å². The van der Waals surface area contributed by atoms with Crippen LogP contribution in [0.1, 0.15) is 27.2 Å². The maximum absolute atomic E-state index is 10.5. The Bertz CT molecular complexity index is 227. The zero-order valence-corrected chi connectivity index (χ0v) is 9.89. The molecule has 0 fully saturated rings. The molecule has 0 aliphatic carbocycles. The van der Waals surface area contributed by atoms with Gasteiger partial charge in [-0.1, -0.05) is 12.2 Å². The molecule has 0 aromatic heterocycles. The van der Waals surface area contributed by atoms with Crippen molar-refractivity contribution in [2.75, 3.05) is 13.4 Å². The van der Waals surface area contributed by atoms with Crippen molar-refractivity contribution in [3.05, 3.63) is 12.2 Å². The van der Waals surface area contributed by atoms with E-state index in [4.69, 9.17) is 9.47 Å². The second-order valence-corrected chi connectivity index (χ2v) is 3.11. The normalized spacial score (nSPS) is 12.4. The van der Waals surface area contributed by atoms with Crippen molar-refractivity contribution in [1.82, 2.24) is 0 Å². The Balaban J connectivity index is 3.78. The Hall–Kier alpha value is -1.36. The molecule has 0 rings (SSSR count). The second kappa shape index (κ2) is 8.91. The summed E-state index contributed by atoms with van der Waals surface area (Å²) in [5, 5.41) is 0. The van der Waals surface area contributed by atoms with E-state index in [-0.39, 0.29) is 31.4 Å². The smallest absolute Gasteiger partial charge is 0.304 e. The molecule has 1 unspecified atom stereocenters. The van der Waals surface area contributed by atoms with Crippen molar-refractivity contribution in [2.24, 2.45) is 0 Å². The summed E-state index contributed by atoms with van der Waals surface area (Å²) in [7, 11) is 0. The largest absolute Gasteiger partial charge is 0.466 e. The first-order chi connectivity index (χ1) is 7.56. The van der Waals surface area contributed by atoms with Gasteiger partial charge in [0.05, 0.1) is 12.7 Å². The fourth-order valence-electron chi connectivity index (χ4n) is 0.973. The van der Waals surface area contributed by atoms with E-state index in [2.05, 4.69) is 4.74 Å². The van der Waals surface area contributed by atoms with Crippen LogP contribution in [0.4, 0.5) is 0 Å². The zero-order chi connectivity index (χ0) is 12.4. The number of esters is 2. The predicted molar refractivity (Wildman–Crippen MR) is 57.6 cm³/mol. The minimum atomic E-state index is -0.390. The monoisotopic (exact) mass is 230 g/mol. The lowest BCUT2D eigenvalue weighted by atomic mass is 10.2. The third-order valence-electron chi connectivity index (χ3n) is 1.66. The quantitative estimate of drug-likeness (QED) is 0.376. The summed E-state index contributed by atoms with van der Waals surface area (Å²) < 4.78 is 14.7. The highest BCUT2D eigenvalue weighted by atomic mass is 16.7. The number of carbonyl (C=O) groups excluding carboxylic acids is 2.